The van der Waals surface area contributed by atoms with Crippen molar-refractivity contribution in [3.05, 3.63) is 33.9 Å². The van der Waals surface area contributed by atoms with Gasteiger partial charge in [-0.05, 0) is 25.3 Å². The van der Waals surface area contributed by atoms with Crippen LogP contribution >= 0.6 is 0 Å². The summed E-state index contributed by atoms with van der Waals surface area (Å²) in [6.07, 6.45) is 7.01. The molecular formula is C17H24N4O3. The highest BCUT2D eigenvalue weighted by atomic mass is 16.5. The predicted molar refractivity (Wildman–Crippen MR) is 90.1 cm³/mol. The summed E-state index contributed by atoms with van der Waals surface area (Å²) in [6.45, 7) is 5.41. The summed E-state index contributed by atoms with van der Waals surface area (Å²) >= 11 is 0. The molecule has 0 saturated carbocycles. The predicted octanol–water partition coefficient (Wildman–Crippen LogP) is 0.657. The molecule has 4 heterocycles. The normalized spacial score (nSPS) is 24.5. The Morgan fingerprint density at radius 2 is 2.17 bits per heavy atom. The Bertz CT molecular complexity index is 666. The molecular weight excluding hydrogens is 308 g/mol. The van der Waals surface area contributed by atoms with Crippen molar-refractivity contribution in [3.63, 3.8) is 0 Å². The summed E-state index contributed by atoms with van der Waals surface area (Å²) in [5, 5.41) is 0. The van der Waals surface area contributed by atoms with Gasteiger partial charge < -0.3 is 14.4 Å². The molecule has 0 amide bonds. The third-order valence-corrected chi connectivity index (χ3v) is 4.94. The van der Waals surface area contributed by atoms with Gasteiger partial charge in [0.05, 0.1) is 25.2 Å². The van der Waals surface area contributed by atoms with Gasteiger partial charge in [0, 0.05) is 38.3 Å². The number of anilines is 1. The minimum atomic E-state index is 0.0120. The van der Waals surface area contributed by atoms with Crippen molar-refractivity contribution in [3.8, 4) is 0 Å². The van der Waals surface area contributed by atoms with E-state index in [1.54, 1.807) is 0 Å². The number of fused-ring (bicyclic) bond motifs is 1. The van der Waals surface area contributed by atoms with Crippen LogP contribution in [0.2, 0.25) is 0 Å². The smallest absolute Gasteiger partial charge is 0.255 e. The molecule has 0 bridgehead atoms. The lowest BCUT2D eigenvalue weighted by molar-refractivity contribution is 0.0730. The van der Waals surface area contributed by atoms with Gasteiger partial charge in [-0.1, -0.05) is 0 Å². The van der Waals surface area contributed by atoms with E-state index < -0.39 is 0 Å². The summed E-state index contributed by atoms with van der Waals surface area (Å²) in [4.78, 5) is 24.6. The number of aromatic nitrogens is 2. The molecule has 1 aromatic heterocycles. The lowest BCUT2D eigenvalue weighted by Gasteiger charge is -2.32. The van der Waals surface area contributed by atoms with Crippen LogP contribution in [0.1, 0.15) is 24.1 Å². The number of hydrogen-bond donors (Lipinski definition) is 1. The van der Waals surface area contributed by atoms with Gasteiger partial charge in [-0.25, -0.2) is 4.98 Å². The fourth-order valence-corrected chi connectivity index (χ4v) is 3.57. The average molecular weight is 332 g/mol. The molecule has 1 atom stereocenters. The monoisotopic (exact) mass is 332 g/mol. The number of hydrogen-bond acceptors (Lipinski definition) is 6. The topological polar surface area (TPSA) is 70.7 Å². The fraction of sp³-hybridized carbons (Fsp3) is 0.647. The molecule has 1 aromatic rings. The Labute approximate surface area is 141 Å². The van der Waals surface area contributed by atoms with Crippen LogP contribution in [0.25, 0.3) is 0 Å². The molecule has 130 valence electrons. The van der Waals surface area contributed by atoms with E-state index in [2.05, 4.69) is 20.9 Å². The summed E-state index contributed by atoms with van der Waals surface area (Å²) in [5.41, 5.74) is 1.77. The van der Waals surface area contributed by atoms with E-state index in [-0.39, 0.29) is 11.7 Å². The molecule has 0 radical (unpaired) electrons. The van der Waals surface area contributed by atoms with Crippen molar-refractivity contribution in [1.82, 2.24) is 14.9 Å². The van der Waals surface area contributed by atoms with Crippen molar-refractivity contribution in [2.75, 3.05) is 44.3 Å². The number of ether oxygens (including phenoxy) is 2. The van der Waals surface area contributed by atoms with Gasteiger partial charge in [-0.15, -0.1) is 0 Å². The molecule has 0 aliphatic carbocycles. The van der Waals surface area contributed by atoms with Crippen molar-refractivity contribution < 1.29 is 9.47 Å². The molecule has 1 unspecified atom stereocenters. The van der Waals surface area contributed by atoms with Gasteiger partial charge in [0.25, 0.3) is 5.56 Å². The molecule has 1 saturated heterocycles. The first-order chi connectivity index (χ1) is 11.8. The zero-order valence-corrected chi connectivity index (χ0v) is 13.9. The third-order valence-electron chi connectivity index (χ3n) is 4.94. The molecule has 7 heteroatoms. The zero-order valence-electron chi connectivity index (χ0n) is 13.9. The zero-order chi connectivity index (χ0) is 16.4. The summed E-state index contributed by atoms with van der Waals surface area (Å²) in [7, 11) is 0. The van der Waals surface area contributed by atoms with Crippen LogP contribution in [-0.2, 0) is 22.4 Å². The van der Waals surface area contributed by atoms with E-state index >= 15 is 0 Å². The van der Waals surface area contributed by atoms with Gasteiger partial charge in [0.2, 0.25) is 5.95 Å². The molecule has 1 fully saturated rings. The van der Waals surface area contributed by atoms with Gasteiger partial charge >= 0.3 is 0 Å². The minimum Gasteiger partial charge on any atom is -0.497 e. The van der Waals surface area contributed by atoms with Crippen LogP contribution in [0.5, 0.6) is 0 Å². The van der Waals surface area contributed by atoms with E-state index in [1.165, 1.54) is 0 Å². The van der Waals surface area contributed by atoms with Crippen molar-refractivity contribution in [2.45, 2.75) is 31.9 Å². The van der Waals surface area contributed by atoms with Crippen molar-refractivity contribution in [1.29, 1.82) is 0 Å². The fourth-order valence-electron chi connectivity index (χ4n) is 3.57. The maximum absolute atomic E-state index is 12.4. The highest BCUT2D eigenvalue weighted by molar-refractivity contribution is 5.34. The van der Waals surface area contributed by atoms with Gasteiger partial charge in [0.1, 0.15) is 6.10 Å². The molecule has 0 spiro atoms. The summed E-state index contributed by atoms with van der Waals surface area (Å²) in [6, 6.07) is 0. The Morgan fingerprint density at radius 3 is 2.96 bits per heavy atom. The maximum Gasteiger partial charge on any atom is 0.255 e. The SMILES string of the molecule is O=c1[nH]c(N2CCOCC2)nc2c1CCN(CC1CCC=CO1)C2. The minimum absolute atomic E-state index is 0.0120. The van der Waals surface area contributed by atoms with Crippen molar-refractivity contribution >= 4 is 5.95 Å². The van der Waals surface area contributed by atoms with Crippen LogP contribution in [0.15, 0.2) is 17.1 Å². The second-order valence-electron chi connectivity index (χ2n) is 6.61. The lowest BCUT2D eigenvalue weighted by Crippen LogP contribution is -2.42. The number of nitrogens with zero attached hydrogens (tertiary/aromatic N) is 3. The van der Waals surface area contributed by atoms with E-state index in [1.807, 2.05) is 6.26 Å². The van der Waals surface area contributed by atoms with Crippen LogP contribution in [0.3, 0.4) is 0 Å². The van der Waals surface area contributed by atoms with Crippen LogP contribution in [0, 0.1) is 0 Å². The second-order valence-corrected chi connectivity index (χ2v) is 6.61. The number of aromatic amines is 1. The quantitative estimate of drug-likeness (QED) is 0.877. The molecule has 1 N–H and O–H groups in total. The summed E-state index contributed by atoms with van der Waals surface area (Å²) < 4.78 is 11.1. The number of allylic oxidation sites excluding steroid dienone is 1. The van der Waals surface area contributed by atoms with Gasteiger partial charge in [0.15, 0.2) is 0 Å². The largest absolute Gasteiger partial charge is 0.497 e. The highest BCUT2D eigenvalue weighted by Crippen LogP contribution is 2.19. The second kappa shape index (κ2) is 6.94. The molecule has 4 rings (SSSR count). The van der Waals surface area contributed by atoms with E-state index in [4.69, 9.17) is 14.5 Å². The number of morpholine rings is 1. The number of rotatable bonds is 3. The molecule has 0 aromatic carbocycles. The molecule has 3 aliphatic heterocycles. The maximum atomic E-state index is 12.4. The Kier molecular flexibility index (Phi) is 4.53. The molecule has 3 aliphatic rings. The first-order valence-corrected chi connectivity index (χ1v) is 8.77. The Balaban J connectivity index is 1.49. The van der Waals surface area contributed by atoms with Gasteiger partial charge in [-0.2, -0.15) is 0 Å². The number of H-pyrrole nitrogens is 1. The number of nitrogens with one attached hydrogen (secondary N) is 1. The van der Waals surface area contributed by atoms with Crippen LogP contribution < -0.4 is 10.5 Å². The molecule has 24 heavy (non-hydrogen) atoms. The molecule has 7 nitrogen and oxygen atoms in total. The average Bonchev–Trinajstić information content (AvgIpc) is 2.63. The van der Waals surface area contributed by atoms with Gasteiger partial charge in [-0.3, -0.25) is 14.7 Å². The van der Waals surface area contributed by atoms with E-state index in [0.29, 0.717) is 19.2 Å². The van der Waals surface area contributed by atoms with Crippen LogP contribution in [-0.4, -0.2) is 60.4 Å². The summed E-state index contributed by atoms with van der Waals surface area (Å²) in [5.74, 6) is 0.681. The van der Waals surface area contributed by atoms with E-state index in [9.17, 15) is 4.79 Å². The van der Waals surface area contributed by atoms with E-state index in [0.717, 1.165) is 63.2 Å². The highest BCUT2D eigenvalue weighted by Gasteiger charge is 2.25. The van der Waals surface area contributed by atoms with Crippen molar-refractivity contribution in [2.24, 2.45) is 0 Å². The third kappa shape index (κ3) is 3.32. The first-order valence-electron chi connectivity index (χ1n) is 8.77. The Hall–Kier alpha value is -1.86. The lowest BCUT2D eigenvalue weighted by atomic mass is 10.1. The Morgan fingerprint density at radius 1 is 1.29 bits per heavy atom. The first kappa shape index (κ1) is 15.7. The standard InChI is InChI=1S/C17H24N4O3/c22-16-14-4-5-20(11-13-3-1-2-8-24-13)12-15(14)18-17(19-16)21-6-9-23-10-7-21/h2,8,13H,1,3-7,9-12H2,(H,18,19,22). The van der Waals surface area contributed by atoms with Crippen LogP contribution in [0.4, 0.5) is 5.95 Å².